The molecule has 0 saturated heterocycles. The number of benzene rings is 1. The van der Waals surface area contributed by atoms with E-state index >= 15 is 0 Å². The van der Waals surface area contributed by atoms with Crippen LogP contribution in [0.5, 0.6) is 0 Å². The van der Waals surface area contributed by atoms with E-state index in [0.29, 0.717) is 6.42 Å². The number of amides is 1. The molecule has 0 bridgehead atoms. The quantitative estimate of drug-likeness (QED) is 0.234. The van der Waals surface area contributed by atoms with Crippen molar-refractivity contribution in [3.8, 4) is 0 Å². The van der Waals surface area contributed by atoms with Crippen LogP contribution < -0.4 is 0 Å². The minimum atomic E-state index is 0.276. The summed E-state index contributed by atoms with van der Waals surface area (Å²) in [6.45, 7) is 3.00. The van der Waals surface area contributed by atoms with Gasteiger partial charge < -0.3 is 4.90 Å². The molecule has 1 amide bonds. The molecule has 0 atom stereocenters. The van der Waals surface area contributed by atoms with Gasteiger partial charge in [-0.05, 0) is 12.0 Å². The molecule has 0 N–H and O–H groups in total. The van der Waals surface area contributed by atoms with Gasteiger partial charge in [0.2, 0.25) is 5.91 Å². The largest absolute Gasteiger partial charge is 0.341 e. The van der Waals surface area contributed by atoms with Gasteiger partial charge in [-0.3, -0.25) is 4.79 Å². The van der Waals surface area contributed by atoms with Crippen molar-refractivity contribution in [2.45, 2.75) is 116 Å². The van der Waals surface area contributed by atoms with Gasteiger partial charge in [0.15, 0.2) is 0 Å². The molecular weight excluding hydrogens is 342 g/mol. The molecule has 0 aliphatic carbocycles. The Hall–Kier alpha value is -1.31. The molecular formula is C26H45NO. The molecule has 1 aromatic carbocycles. The molecule has 2 heteroatoms. The van der Waals surface area contributed by atoms with E-state index < -0.39 is 0 Å². The highest BCUT2D eigenvalue weighted by Crippen LogP contribution is 2.14. The fourth-order valence-electron chi connectivity index (χ4n) is 3.78. The van der Waals surface area contributed by atoms with Crippen molar-refractivity contribution in [2.75, 3.05) is 7.05 Å². The highest BCUT2D eigenvalue weighted by Gasteiger charge is 2.08. The first kappa shape index (κ1) is 24.7. The number of carbonyl (C=O) groups is 1. The summed E-state index contributed by atoms with van der Waals surface area (Å²) < 4.78 is 0. The minimum Gasteiger partial charge on any atom is -0.341 e. The maximum Gasteiger partial charge on any atom is 0.222 e. The molecule has 2 nitrogen and oxygen atoms in total. The van der Waals surface area contributed by atoms with Gasteiger partial charge in [-0.2, -0.15) is 0 Å². The van der Waals surface area contributed by atoms with Crippen molar-refractivity contribution < 1.29 is 4.79 Å². The van der Waals surface area contributed by atoms with Crippen LogP contribution in [0.2, 0.25) is 0 Å². The van der Waals surface area contributed by atoms with Gasteiger partial charge in [-0.15, -0.1) is 0 Å². The van der Waals surface area contributed by atoms with Gasteiger partial charge in [0, 0.05) is 20.0 Å². The van der Waals surface area contributed by atoms with Crippen molar-refractivity contribution in [1.29, 1.82) is 0 Å². The van der Waals surface area contributed by atoms with E-state index in [9.17, 15) is 4.79 Å². The molecule has 1 rings (SSSR count). The summed E-state index contributed by atoms with van der Waals surface area (Å²) >= 11 is 0. The van der Waals surface area contributed by atoms with E-state index in [2.05, 4.69) is 19.1 Å². The van der Waals surface area contributed by atoms with E-state index in [1.807, 2.05) is 30.1 Å². The van der Waals surface area contributed by atoms with E-state index in [-0.39, 0.29) is 5.91 Å². The minimum absolute atomic E-state index is 0.276. The summed E-state index contributed by atoms with van der Waals surface area (Å²) in [4.78, 5) is 14.1. The summed E-state index contributed by atoms with van der Waals surface area (Å²) in [5.41, 5.74) is 1.20. The van der Waals surface area contributed by atoms with Crippen molar-refractivity contribution in [1.82, 2.24) is 4.90 Å². The average molecular weight is 388 g/mol. The fourth-order valence-corrected chi connectivity index (χ4v) is 3.78. The number of unbranched alkanes of at least 4 members (excludes halogenated alkanes) is 14. The number of nitrogens with zero attached hydrogens (tertiary/aromatic N) is 1. The normalized spacial score (nSPS) is 10.9. The maximum absolute atomic E-state index is 12.2. The van der Waals surface area contributed by atoms with E-state index in [1.54, 1.807) is 0 Å². The fraction of sp³-hybridized carbons (Fsp3) is 0.731. The lowest BCUT2D eigenvalue weighted by atomic mass is 10.0. The van der Waals surface area contributed by atoms with Gasteiger partial charge in [-0.25, -0.2) is 0 Å². The first-order valence-electron chi connectivity index (χ1n) is 12.0. The molecule has 0 fully saturated rings. The number of carbonyl (C=O) groups excluding carboxylic acids is 1. The van der Waals surface area contributed by atoms with Crippen LogP contribution in [0.3, 0.4) is 0 Å². The van der Waals surface area contributed by atoms with Gasteiger partial charge in [0.1, 0.15) is 0 Å². The number of hydrogen-bond donors (Lipinski definition) is 0. The first-order valence-corrected chi connectivity index (χ1v) is 12.0. The second-order valence-corrected chi connectivity index (χ2v) is 8.44. The summed E-state index contributed by atoms with van der Waals surface area (Å²) in [6.07, 6.45) is 21.1. The molecule has 1 aromatic rings. The molecule has 0 aliphatic rings. The van der Waals surface area contributed by atoms with Crippen LogP contribution in [0.15, 0.2) is 30.3 Å². The second kappa shape index (κ2) is 17.8. The van der Waals surface area contributed by atoms with Gasteiger partial charge in [0.25, 0.3) is 0 Å². The van der Waals surface area contributed by atoms with Crippen molar-refractivity contribution in [3.05, 3.63) is 35.9 Å². The highest BCUT2D eigenvalue weighted by molar-refractivity contribution is 5.75. The van der Waals surface area contributed by atoms with Crippen LogP contribution in [0.4, 0.5) is 0 Å². The SMILES string of the molecule is CCCCCCCCCCCCCCCCCC(=O)N(C)Cc1ccccc1. The Morgan fingerprint density at radius 3 is 1.57 bits per heavy atom. The predicted octanol–water partition coefficient (Wildman–Crippen LogP) is 7.91. The van der Waals surface area contributed by atoms with Crippen molar-refractivity contribution in [2.24, 2.45) is 0 Å². The van der Waals surface area contributed by atoms with Gasteiger partial charge >= 0.3 is 0 Å². The van der Waals surface area contributed by atoms with Crippen LogP contribution in [-0.2, 0) is 11.3 Å². The summed E-state index contributed by atoms with van der Waals surface area (Å²) in [6, 6.07) is 10.2. The third kappa shape index (κ3) is 13.8. The highest BCUT2D eigenvalue weighted by atomic mass is 16.2. The average Bonchev–Trinajstić information content (AvgIpc) is 2.71. The Labute approximate surface area is 175 Å². The van der Waals surface area contributed by atoms with Gasteiger partial charge in [0.05, 0.1) is 0 Å². The number of rotatable bonds is 18. The maximum atomic E-state index is 12.2. The van der Waals surface area contributed by atoms with Crippen molar-refractivity contribution >= 4 is 5.91 Å². The monoisotopic (exact) mass is 387 g/mol. The van der Waals surface area contributed by atoms with Crippen LogP contribution in [0, 0.1) is 0 Å². The van der Waals surface area contributed by atoms with Crippen LogP contribution >= 0.6 is 0 Å². The Bertz CT molecular complexity index is 471. The standard InChI is InChI=1S/C26H45NO/c1-3-4-5-6-7-8-9-10-11-12-13-14-15-16-20-23-26(28)27(2)24-25-21-18-17-19-22-25/h17-19,21-22H,3-16,20,23-24H2,1-2H3. The molecule has 0 aromatic heterocycles. The lowest BCUT2D eigenvalue weighted by Crippen LogP contribution is -2.25. The molecule has 28 heavy (non-hydrogen) atoms. The van der Waals surface area contributed by atoms with Crippen LogP contribution in [0.1, 0.15) is 115 Å². The summed E-state index contributed by atoms with van der Waals surface area (Å²) in [5, 5.41) is 0. The topological polar surface area (TPSA) is 20.3 Å². The summed E-state index contributed by atoms with van der Waals surface area (Å²) in [5.74, 6) is 0.276. The second-order valence-electron chi connectivity index (χ2n) is 8.44. The van der Waals surface area contributed by atoms with Crippen molar-refractivity contribution in [3.63, 3.8) is 0 Å². The predicted molar refractivity (Wildman–Crippen MR) is 122 cm³/mol. The smallest absolute Gasteiger partial charge is 0.222 e. The third-order valence-electron chi connectivity index (χ3n) is 5.68. The zero-order chi connectivity index (χ0) is 20.3. The molecule has 160 valence electrons. The molecule has 0 saturated carbocycles. The Kier molecular flexibility index (Phi) is 15.7. The third-order valence-corrected chi connectivity index (χ3v) is 5.68. The Morgan fingerprint density at radius 2 is 1.11 bits per heavy atom. The summed E-state index contributed by atoms with van der Waals surface area (Å²) in [7, 11) is 1.92. The molecule has 0 spiro atoms. The van der Waals surface area contributed by atoms with E-state index in [1.165, 1.54) is 95.5 Å². The van der Waals surface area contributed by atoms with Crippen LogP contribution in [0.25, 0.3) is 0 Å². The molecule has 0 aliphatic heterocycles. The van der Waals surface area contributed by atoms with Gasteiger partial charge in [-0.1, -0.05) is 127 Å². The zero-order valence-corrected chi connectivity index (χ0v) is 18.8. The molecule has 0 unspecified atom stereocenters. The zero-order valence-electron chi connectivity index (χ0n) is 18.8. The lowest BCUT2D eigenvalue weighted by Gasteiger charge is -2.17. The molecule has 0 radical (unpaired) electrons. The lowest BCUT2D eigenvalue weighted by molar-refractivity contribution is -0.130. The Balaban J connectivity index is 1.84. The van der Waals surface area contributed by atoms with Crippen LogP contribution in [-0.4, -0.2) is 17.9 Å². The van der Waals surface area contributed by atoms with E-state index in [0.717, 1.165) is 13.0 Å². The number of hydrogen-bond acceptors (Lipinski definition) is 1. The first-order chi connectivity index (χ1) is 13.7. The molecule has 0 heterocycles. The van der Waals surface area contributed by atoms with E-state index in [4.69, 9.17) is 0 Å². The Morgan fingerprint density at radius 1 is 0.679 bits per heavy atom.